The zero-order valence-corrected chi connectivity index (χ0v) is 12.6. The van der Waals surface area contributed by atoms with Gasteiger partial charge in [-0.25, -0.2) is 0 Å². The van der Waals surface area contributed by atoms with Gasteiger partial charge in [-0.15, -0.1) is 0 Å². The molecule has 0 saturated heterocycles. The number of rotatable bonds is 5. The summed E-state index contributed by atoms with van der Waals surface area (Å²) in [5.41, 5.74) is 0.875. The molecule has 4 nitrogen and oxygen atoms in total. The summed E-state index contributed by atoms with van der Waals surface area (Å²) in [6.07, 6.45) is 0. The Kier molecular flexibility index (Phi) is 5.14. The van der Waals surface area contributed by atoms with E-state index in [-0.39, 0.29) is 21.4 Å². The number of halogens is 1. The molecule has 0 bridgehead atoms. The Labute approximate surface area is 116 Å². The first kappa shape index (κ1) is 15.0. The van der Waals surface area contributed by atoms with E-state index in [0.717, 1.165) is 5.56 Å². The van der Waals surface area contributed by atoms with Crippen LogP contribution in [0.1, 0.15) is 32.3 Å². The predicted molar refractivity (Wildman–Crippen MR) is 75.6 cm³/mol. The van der Waals surface area contributed by atoms with Crippen molar-refractivity contribution >= 4 is 21.6 Å². The highest BCUT2D eigenvalue weighted by Gasteiger charge is 2.28. The summed E-state index contributed by atoms with van der Waals surface area (Å²) in [5.74, 6) is 0.915. The van der Waals surface area contributed by atoms with Crippen LogP contribution >= 0.6 is 15.9 Å². The lowest BCUT2D eigenvalue weighted by Gasteiger charge is -2.24. The minimum absolute atomic E-state index is 0.0938. The lowest BCUT2D eigenvalue weighted by Crippen LogP contribution is -2.17. The van der Waals surface area contributed by atoms with Crippen molar-refractivity contribution in [3.05, 3.63) is 33.9 Å². The average molecular weight is 316 g/mol. The Balaban J connectivity index is 3.33. The molecule has 0 fully saturated rings. The molecule has 0 N–H and O–H groups in total. The molecule has 1 aromatic rings. The molecular formula is C13H18BrNO3. The zero-order chi connectivity index (χ0) is 13.9. The molecule has 0 aliphatic carbocycles. The lowest BCUT2D eigenvalue weighted by atomic mass is 9.85. The van der Waals surface area contributed by atoms with Crippen LogP contribution in [-0.4, -0.2) is 16.9 Å². The zero-order valence-electron chi connectivity index (χ0n) is 11.0. The van der Waals surface area contributed by atoms with E-state index in [2.05, 4.69) is 29.8 Å². The van der Waals surface area contributed by atoms with Crippen molar-refractivity contribution in [2.24, 2.45) is 5.92 Å². The third-order valence-electron chi connectivity index (χ3n) is 3.01. The number of nitro groups is 1. The highest BCUT2D eigenvalue weighted by molar-refractivity contribution is 9.09. The molecule has 2 atom stereocenters. The first-order valence-corrected chi connectivity index (χ1v) is 6.76. The van der Waals surface area contributed by atoms with Crippen LogP contribution in [-0.2, 0) is 0 Å². The number of alkyl halides is 1. The number of benzene rings is 1. The van der Waals surface area contributed by atoms with Crippen molar-refractivity contribution in [3.63, 3.8) is 0 Å². The van der Waals surface area contributed by atoms with E-state index < -0.39 is 0 Å². The molecule has 2 unspecified atom stereocenters. The molecule has 0 aliphatic heterocycles. The number of nitro benzene ring substituents is 1. The summed E-state index contributed by atoms with van der Waals surface area (Å²) < 4.78 is 5.04. The molecule has 0 amide bonds. The first-order valence-electron chi connectivity index (χ1n) is 5.84. The van der Waals surface area contributed by atoms with Crippen molar-refractivity contribution < 1.29 is 9.66 Å². The minimum atomic E-state index is -0.345. The third kappa shape index (κ3) is 3.22. The van der Waals surface area contributed by atoms with E-state index >= 15 is 0 Å². The lowest BCUT2D eigenvalue weighted by molar-refractivity contribution is -0.385. The van der Waals surface area contributed by atoms with Gasteiger partial charge in [-0.3, -0.25) is 10.1 Å². The second-order valence-electron chi connectivity index (χ2n) is 4.63. The van der Waals surface area contributed by atoms with Gasteiger partial charge in [0.1, 0.15) is 5.75 Å². The summed E-state index contributed by atoms with van der Waals surface area (Å²) in [7, 11) is 1.51. The van der Waals surface area contributed by atoms with Crippen LogP contribution < -0.4 is 4.74 Å². The van der Waals surface area contributed by atoms with Crippen molar-refractivity contribution in [1.82, 2.24) is 0 Å². The minimum Gasteiger partial charge on any atom is -0.497 e. The smallest absolute Gasteiger partial charge is 0.276 e. The number of hydrogen-bond donors (Lipinski definition) is 0. The number of hydrogen-bond acceptors (Lipinski definition) is 3. The van der Waals surface area contributed by atoms with Gasteiger partial charge in [0.2, 0.25) is 0 Å². The van der Waals surface area contributed by atoms with E-state index in [1.54, 1.807) is 12.1 Å². The maximum absolute atomic E-state index is 11.2. The highest BCUT2D eigenvalue weighted by atomic mass is 79.9. The van der Waals surface area contributed by atoms with Crippen molar-refractivity contribution in [1.29, 1.82) is 0 Å². The molecule has 0 aliphatic rings. The van der Waals surface area contributed by atoms with Gasteiger partial charge in [-0.05, 0) is 18.1 Å². The fraction of sp³-hybridized carbons (Fsp3) is 0.538. The maximum Gasteiger partial charge on any atom is 0.276 e. The number of methoxy groups -OCH3 is 1. The van der Waals surface area contributed by atoms with E-state index in [4.69, 9.17) is 4.74 Å². The summed E-state index contributed by atoms with van der Waals surface area (Å²) in [6, 6.07) is 5.05. The molecule has 1 rings (SSSR count). The predicted octanol–water partition coefficient (Wildman–Crippen LogP) is 4.13. The van der Waals surface area contributed by atoms with Crippen LogP contribution in [0.3, 0.4) is 0 Å². The standard InChI is InChI=1S/C13H18BrNO3/c1-8(2)13(9(3)14)11-6-5-10(18-4)7-12(11)15(16)17/h5-9,13H,1-4H3. The average Bonchev–Trinajstić information content (AvgIpc) is 2.28. The van der Waals surface area contributed by atoms with Gasteiger partial charge in [0.15, 0.2) is 0 Å². The van der Waals surface area contributed by atoms with E-state index in [1.807, 2.05) is 6.92 Å². The quantitative estimate of drug-likeness (QED) is 0.466. The van der Waals surface area contributed by atoms with Crippen LogP contribution in [0.25, 0.3) is 0 Å². The van der Waals surface area contributed by atoms with Gasteiger partial charge < -0.3 is 4.74 Å². The van der Waals surface area contributed by atoms with Crippen LogP contribution in [0.2, 0.25) is 0 Å². The number of nitrogens with zero attached hydrogens (tertiary/aromatic N) is 1. The SMILES string of the molecule is COc1ccc(C(C(C)C)C(C)Br)c([N+](=O)[O-])c1. The largest absolute Gasteiger partial charge is 0.497 e. The normalized spacial score (nSPS) is 14.3. The number of ether oxygens (including phenoxy) is 1. The molecule has 5 heteroatoms. The van der Waals surface area contributed by atoms with E-state index in [1.165, 1.54) is 13.2 Å². The Morgan fingerprint density at radius 3 is 2.33 bits per heavy atom. The monoisotopic (exact) mass is 315 g/mol. The molecule has 1 aromatic carbocycles. The van der Waals surface area contributed by atoms with Gasteiger partial charge in [-0.2, -0.15) is 0 Å². The fourth-order valence-electron chi connectivity index (χ4n) is 2.23. The van der Waals surface area contributed by atoms with Gasteiger partial charge in [0.25, 0.3) is 5.69 Å². The summed E-state index contributed by atoms with van der Waals surface area (Å²) >= 11 is 3.54. The van der Waals surface area contributed by atoms with E-state index in [0.29, 0.717) is 11.7 Å². The van der Waals surface area contributed by atoms with Gasteiger partial charge in [0, 0.05) is 16.3 Å². The summed E-state index contributed by atoms with van der Waals surface area (Å²) in [6.45, 7) is 6.14. The second kappa shape index (κ2) is 6.18. The molecule has 0 spiro atoms. The Bertz CT molecular complexity index is 424. The fourth-order valence-corrected chi connectivity index (χ4v) is 3.12. The third-order valence-corrected chi connectivity index (χ3v) is 3.58. The summed E-state index contributed by atoms with van der Waals surface area (Å²) in [5, 5.41) is 11.2. The van der Waals surface area contributed by atoms with Crippen molar-refractivity contribution in [2.75, 3.05) is 7.11 Å². The van der Waals surface area contributed by atoms with Crippen LogP contribution in [0.15, 0.2) is 18.2 Å². The molecule has 0 radical (unpaired) electrons. The Morgan fingerprint density at radius 2 is 1.94 bits per heavy atom. The van der Waals surface area contributed by atoms with Gasteiger partial charge >= 0.3 is 0 Å². The van der Waals surface area contributed by atoms with Crippen molar-refractivity contribution in [3.8, 4) is 5.75 Å². The van der Waals surface area contributed by atoms with Crippen LogP contribution in [0.5, 0.6) is 5.75 Å². The molecule has 18 heavy (non-hydrogen) atoms. The highest BCUT2D eigenvalue weighted by Crippen LogP contribution is 2.38. The molecular weight excluding hydrogens is 298 g/mol. The topological polar surface area (TPSA) is 52.4 Å². The van der Waals surface area contributed by atoms with Crippen molar-refractivity contribution in [2.45, 2.75) is 31.5 Å². The van der Waals surface area contributed by atoms with E-state index in [9.17, 15) is 10.1 Å². The maximum atomic E-state index is 11.2. The molecule has 0 saturated carbocycles. The summed E-state index contributed by atoms with van der Waals surface area (Å²) in [4.78, 5) is 11.0. The van der Waals surface area contributed by atoms with Crippen LogP contribution in [0, 0.1) is 16.0 Å². The molecule has 100 valence electrons. The van der Waals surface area contributed by atoms with Gasteiger partial charge in [0.05, 0.1) is 18.1 Å². The first-order chi connectivity index (χ1) is 8.38. The second-order valence-corrected chi connectivity index (χ2v) is 6.07. The molecule has 0 heterocycles. The van der Waals surface area contributed by atoms with Gasteiger partial charge in [-0.1, -0.05) is 36.7 Å². The van der Waals surface area contributed by atoms with Crippen LogP contribution in [0.4, 0.5) is 5.69 Å². The molecule has 0 aromatic heterocycles. The Hall–Kier alpha value is -1.10. The Morgan fingerprint density at radius 1 is 1.33 bits per heavy atom.